The molecule has 78 valence electrons. The molecule has 0 amide bonds. The Kier molecular flexibility index (Phi) is 3.83. The molecule has 0 aliphatic carbocycles. The summed E-state index contributed by atoms with van der Waals surface area (Å²) >= 11 is 0. The second-order valence-electron chi connectivity index (χ2n) is 3.51. The molecule has 2 N–H and O–H groups in total. The summed E-state index contributed by atoms with van der Waals surface area (Å²) in [4.78, 5) is 15.8. The van der Waals surface area contributed by atoms with E-state index >= 15 is 0 Å². The van der Waals surface area contributed by atoms with Crippen LogP contribution in [0.1, 0.15) is 30.9 Å². The summed E-state index contributed by atoms with van der Waals surface area (Å²) in [7, 11) is 0. The molecule has 1 aromatic heterocycles. The van der Waals surface area contributed by atoms with Crippen molar-refractivity contribution >= 4 is 5.78 Å². The molecular formula is C10H17N3O. The molecule has 1 atom stereocenters. The maximum Gasteiger partial charge on any atom is 0.198 e. The molecule has 0 aliphatic rings. The second kappa shape index (κ2) is 4.91. The van der Waals surface area contributed by atoms with Gasteiger partial charge in [0.15, 0.2) is 11.6 Å². The van der Waals surface area contributed by atoms with E-state index in [-0.39, 0.29) is 11.7 Å². The van der Waals surface area contributed by atoms with Gasteiger partial charge in [-0.3, -0.25) is 4.79 Å². The van der Waals surface area contributed by atoms with E-state index in [0.717, 1.165) is 6.54 Å². The number of carbonyl (C=O) groups is 1. The molecular weight excluding hydrogens is 178 g/mol. The van der Waals surface area contributed by atoms with Gasteiger partial charge < -0.3 is 10.3 Å². The van der Waals surface area contributed by atoms with E-state index < -0.39 is 0 Å². The average Bonchev–Trinajstić information content (AvgIpc) is 2.65. The molecule has 0 fully saturated rings. The van der Waals surface area contributed by atoms with Crippen LogP contribution < -0.4 is 5.73 Å². The molecule has 14 heavy (non-hydrogen) atoms. The number of Topliss-reactive ketones (excluding diaryl/α,β-unsaturated/α-hetero) is 1. The fraction of sp³-hybridized carbons (Fsp3) is 0.600. The Morgan fingerprint density at radius 1 is 1.71 bits per heavy atom. The van der Waals surface area contributed by atoms with Crippen LogP contribution in [-0.2, 0) is 6.54 Å². The number of rotatable bonds is 5. The van der Waals surface area contributed by atoms with E-state index in [4.69, 9.17) is 5.73 Å². The number of aryl methyl sites for hydroxylation is 1. The summed E-state index contributed by atoms with van der Waals surface area (Å²) in [5.41, 5.74) is 5.46. The number of nitrogens with zero attached hydrogens (tertiary/aromatic N) is 2. The Morgan fingerprint density at radius 2 is 2.43 bits per heavy atom. The SMILES string of the molecule is CCn1ccnc1C(=O)CC(C)CN. The molecule has 0 saturated heterocycles. The van der Waals surface area contributed by atoms with Crippen molar-refractivity contribution in [2.24, 2.45) is 11.7 Å². The van der Waals surface area contributed by atoms with Crippen LogP contribution in [0, 0.1) is 5.92 Å². The minimum Gasteiger partial charge on any atom is -0.330 e. The first-order valence-electron chi connectivity index (χ1n) is 4.93. The van der Waals surface area contributed by atoms with E-state index in [9.17, 15) is 4.79 Å². The fourth-order valence-electron chi connectivity index (χ4n) is 1.31. The lowest BCUT2D eigenvalue weighted by atomic mass is 10.1. The third-order valence-corrected chi connectivity index (χ3v) is 2.24. The van der Waals surface area contributed by atoms with Gasteiger partial charge in [-0.2, -0.15) is 0 Å². The molecule has 0 spiro atoms. The van der Waals surface area contributed by atoms with Crippen LogP contribution in [0.25, 0.3) is 0 Å². The Morgan fingerprint density at radius 3 is 3.00 bits per heavy atom. The molecule has 1 rings (SSSR count). The van der Waals surface area contributed by atoms with Crippen molar-refractivity contribution in [1.29, 1.82) is 0 Å². The van der Waals surface area contributed by atoms with Crippen LogP contribution in [0.2, 0.25) is 0 Å². The zero-order valence-electron chi connectivity index (χ0n) is 8.73. The van der Waals surface area contributed by atoms with Gasteiger partial charge in [-0.25, -0.2) is 4.98 Å². The van der Waals surface area contributed by atoms with Crippen molar-refractivity contribution in [2.45, 2.75) is 26.8 Å². The molecule has 0 bridgehead atoms. The van der Waals surface area contributed by atoms with Gasteiger partial charge in [0.1, 0.15) is 0 Å². The summed E-state index contributed by atoms with van der Waals surface area (Å²) in [6, 6.07) is 0. The Labute approximate surface area is 84.1 Å². The van der Waals surface area contributed by atoms with Gasteiger partial charge in [0.25, 0.3) is 0 Å². The lowest BCUT2D eigenvalue weighted by Crippen LogP contribution is -2.17. The molecule has 0 aliphatic heterocycles. The summed E-state index contributed by atoms with van der Waals surface area (Å²) < 4.78 is 1.85. The Bertz CT molecular complexity index is 306. The number of imidazole rings is 1. The summed E-state index contributed by atoms with van der Waals surface area (Å²) in [6.07, 6.45) is 3.96. The van der Waals surface area contributed by atoms with E-state index in [1.165, 1.54) is 0 Å². The van der Waals surface area contributed by atoms with Crippen LogP contribution in [0.3, 0.4) is 0 Å². The van der Waals surface area contributed by atoms with Crippen LogP contribution in [0.4, 0.5) is 0 Å². The second-order valence-corrected chi connectivity index (χ2v) is 3.51. The third-order valence-electron chi connectivity index (χ3n) is 2.24. The summed E-state index contributed by atoms with van der Waals surface area (Å²) in [6.45, 7) is 5.28. The first-order valence-corrected chi connectivity index (χ1v) is 4.93. The number of hydrogen-bond acceptors (Lipinski definition) is 3. The van der Waals surface area contributed by atoms with Crippen molar-refractivity contribution < 1.29 is 4.79 Å². The minimum absolute atomic E-state index is 0.0785. The average molecular weight is 195 g/mol. The number of ketones is 1. The molecule has 1 unspecified atom stereocenters. The third kappa shape index (κ3) is 2.42. The van der Waals surface area contributed by atoms with Gasteiger partial charge in [-0.15, -0.1) is 0 Å². The van der Waals surface area contributed by atoms with Crippen molar-refractivity contribution in [3.05, 3.63) is 18.2 Å². The monoisotopic (exact) mass is 195 g/mol. The highest BCUT2D eigenvalue weighted by molar-refractivity contribution is 5.92. The van der Waals surface area contributed by atoms with Gasteiger partial charge >= 0.3 is 0 Å². The minimum atomic E-state index is 0.0785. The zero-order valence-corrected chi connectivity index (χ0v) is 8.73. The number of nitrogens with two attached hydrogens (primary N) is 1. The zero-order chi connectivity index (χ0) is 10.6. The molecule has 0 saturated carbocycles. The van der Waals surface area contributed by atoms with Crippen LogP contribution in [0.5, 0.6) is 0 Å². The van der Waals surface area contributed by atoms with Crippen molar-refractivity contribution in [3.63, 3.8) is 0 Å². The van der Waals surface area contributed by atoms with Crippen molar-refractivity contribution in [3.8, 4) is 0 Å². The Balaban J connectivity index is 2.69. The summed E-state index contributed by atoms with van der Waals surface area (Å²) in [5, 5.41) is 0. The lowest BCUT2D eigenvalue weighted by Gasteiger charge is -2.07. The summed E-state index contributed by atoms with van der Waals surface area (Å²) in [5.74, 6) is 0.854. The van der Waals surface area contributed by atoms with Crippen LogP contribution >= 0.6 is 0 Å². The maximum atomic E-state index is 11.7. The highest BCUT2D eigenvalue weighted by atomic mass is 16.1. The molecule has 0 aromatic carbocycles. The van der Waals surface area contributed by atoms with Crippen LogP contribution in [0.15, 0.2) is 12.4 Å². The normalized spacial score (nSPS) is 12.8. The first kappa shape index (κ1) is 10.9. The molecule has 4 heteroatoms. The molecule has 4 nitrogen and oxygen atoms in total. The van der Waals surface area contributed by atoms with Gasteiger partial charge in [0, 0.05) is 25.4 Å². The van der Waals surface area contributed by atoms with Gasteiger partial charge in [-0.1, -0.05) is 6.92 Å². The number of aromatic nitrogens is 2. The molecule has 0 radical (unpaired) electrons. The van der Waals surface area contributed by atoms with Gasteiger partial charge in [0.2, 0.25) is 0 Å². The fourth-order valence-corrected chi connectivity index (χ4v) is 1.31. The topological polar surface area (TPSA) is 60.9 Å². The van der Waals surface area contributed by atoms with E-state index in [1.54, 1.807) is 6.20 Å². The van der Waals surface area contributed by atoms with E-state index in [0.29, 0.717) is 18.8 Å². The lowest BCUT2D eigenvalue weighted by molar-refractivity contribution is 0.0951. The van der Waals surface area contributed by atoms with Gasteiger partial charge in [-0.05, 0) is 19.4 Å². The Hall–Kier alpha value is -1.16. The quantitative estimate of drug-likeness (QED) is 0.715. The first-order chi connectivity index (χ1) is 6.69. The molecule has 1 heterocycles. The molecule has 1 aromatic rings. The largest absolute Gasteiger partial charge is 0.330 e. The van der Waals surface area contributed by atoms with Crippen molar-refractivity contribution in [1.82, 2.24) is 9.55 Å². The van der Waals surface area contributed by atoms with E-state index in [1.807, 2.05) is 24.6 Å². The highest BCUT2D eigenvalue weighted by Gasteiger charge is 2.14. The maximum absolute atomic E-state index is 11.7. The predicted molar refractivity (Wildman–Crippen MR) is 55.1 cm³/mol. The van der Waals surface area contributed by atoms with Gasteiger partial charge in [0.05, 0.1) is 0 Å². The number of hydrogen-bond donors (Lipinski definition) is 1. The van der Waals surface area contributed by atoms with E-state index in [2.05, 4.69) is 4.98 Å². The predicted octanol–water partition coefficient (Wildman–Crippen LogP) is 1.07. The van der Waals surface area contributed by atoms with Crippen molar-refractivity contribution in [2.75, 3.05) is 6.54 Å². The standard InChI is InChI=1S/C10H17N3O/c1-3-13-5-4-12-10(13)9(14)6-8(2)7-11/h4-5,8H,3,6-7,11H2,1-2H3. The highest BCUT2D eigenvalue weighted by Crippen LogP contribution is 2.07. The number of carbonyl (C=O) groups excluding carboxylic acids is 1. The van der Waals surface area contributed by atoms with Crippen LogP contribution in [-0.4, -0.2) is 21.9 Å². The smallest absolute Gasteiger partial charge is 0.198 e.